The van der Waals surface area contributed by atoms with Crippen molar-refractivity contribution in [2.24, 2.45) is 71.0 Å². The average molecular weight is 2090 g/mol. The lowest BCUT2D eigenvalue weighted by Gasteiger charge is -2.40. The van der Waals surface area contributed by atoms with E-state index < -0.39 is 0 Å². The highest BCUT2D eigenvalue weighted by molar-refractivity contribution is 5.89. The summed E-state index contributed by atoms with van der Waals surface area (Å²) in [4.78, 5) is 112. The van der Waals surface area contributed by atoms with Gasteiger partial charge in [-0.1, -0.05) is 129 Å². The predicted molar refractivity (Wildman–Crippen MR) is 568 cm³/mol. The molecule has 28 nitrogen and oxygen atoms in total. The van der Waals surface area contributed by atoms with Gasteiger partial charge in [0.25, 0.3) is 0 Å². The Kier molecular flexibility index (Phi) is 52.9. The second kappa shape index (κ2) is 63.7. The molecular weight excluding hydrogens is 1900 g/mol. The maximum Gasteiger partial charge on any atom is 0.333 e. The Bertz CT molecular complexity index is 3960. The molecule has 0 bridgehead atoms. The standard InChI is InChI=1S/3C14H22O2.3C10H16O2.C9H14O3.3C8H12O3.2C8H14O2/c1-10(2)14(15)16-13-9-5-7-11-6-3-4-8-12(11)13;2*1-10(2)14(15)16-13-8-7-11-5-3-4-6-12(11)9-13;3*1-8(2)10(11)12-9-6-4-3-5-7-9;1-9-5-6(8(10)11-2)3-4-7(9)12-9;3*1-10-8(9)5-2-3-6-7(4-5)11-6;2*1-9-5-6-2-3-7-8(4-6)10-7/h3*11-13H,1,3-9H2,2H3;3*9H,1,3-7H2,2H3;6-7H,3-5H2,1-2H3;3*5-7H,2-4H2,1H3;2*6-8H,2-5H2,1H3. The fourth-order valence-electron chi connectivity index (χ4n) is 25.2. The van der Waals surface area contributed by atoms with Crippen molar-refractivity contribution >= 4 is 59.7 Å². The summed E-state index contributed by atoms with van der Waals surface area (Å²) < 4.78 is 93.2. The molecule has 0 radical (unpaired) electrons. The number of epoxide rings is 6. The molecule has 27 unspecified atom stereocenters. The Balaban J connectivity index is 0.000000167. The molecule has 21 fully saturated rings. The van der Waals surface area contributed by atoms with Crippen molar-refractivity contribution < 1.29 is 133 Å². The van der Waals surface area contributed by atoms with Crippen molar-refractivity contribution in [3.05, 3.63) is 72.9 Å². The van der Waals surface area contributed by atoms with E-state index in [0.717, 1.165) is 202 Å². The van der Waals surface area contributed by atoms with Gasteiger partial charge >= 0.3 is 59.7 Å². The van der Waals surface area contributed by atoms with Gasteiger partial charge in [-0.25, -0.2) is 28.8 Å². The van der Waals surface area contributed by atoms with Gasteiger partial charge in [-0.3, -0.25) is 19.2 Å². The minimum Gasteiger partial charge on any atom is -0.469 e. The summed E-state index contributed by atoms with van der Waals surface area (Å²) in [5, 5.41) is 0. The van der Waals surface area contributed by atoms with Crippen LogP contribution in [0.3, 0.4) is 0 Å². The molecule has 6 aliphatic heterocycles. The van der Waals surface area contributed by atoms with Crippen LogP contribution < -0.4 is 0 Å². The molecule has 0 amide bonds. The van der Waals surface area contributed by atoms with Crippen LogP contribution in [0.4, 0.5) is 0 Å². The Labute approximate surface area is 892 Å². The summed E-state index contributed by atoms with van der Waals surface area (Å²) in [6.07, 6.45) is 69.0. The maximum atomic E-state index is 11.6. The molecule has 15 saturated carbocycles. The molecule has 844 valence electrons. The summed E-state index contributed by atoms with van der Waals surface area (Å²) in [5.41, 5.74) is 3.06. The van der Waals surface area contributed by atoms with E-state index in [9.17, 15) is 47.9 Å². The molecule has 6 heterocycles. The van der Waals surface area contributed by atoms with E-state index in [1.165, 1.54) is 227 Å². The smallest absolute Gasteiger partial charge is 0.333 e. The zero-order valence-electron chi connectivity index (χ0n) is 93.5. The Morgan fingerprint density at radius 1 is 0.248 bits per heavy atom. The molecule has 15 aliphatic carbocycles. The van der Waals surface area contributed by atoms with Crippen LogP contribution in [-0.2, 0) is 133 Å². The van der Waals surface area contributed by atoms with E-state index >= 15 is 0 Å². The van der Waals surface area contributed by atoms with E-state index in [4.69, 9.17) is 71.1 Å². The molecule has 0 aromatic heterocycles. The summed E-state index contributed by atoms with van der Waals surface area (Å²) in [5.74, 6) is 5.19. The summed E-state index contributed by atoms with van der Waals surface area (Å²) in [6, 6.07) is 0. The molecule has 0 aromatic carbocycles. The minimum absolute atomic E-state index is 0.00287. The summed E-state index contributed by atoms with van der Waals surface area (Å²) in [6.45, 7) is 35.7. The molecule has 21 aliphatic rings. The van der Waals surface area contributed by atoms with Crippen LogP contribution in [0.25, 0.3) is 0 Å². The van der Waals surface area contributed by atoms with E-state index in [-0.39, 0.29) is 126 Å². The minimum atomic E-state index is -0.234. The van der Waals surface area contributed by atoms with Crippen LogP contribution in [-0.4, -0.2) is 225 Å². The maximum absolute atomic E-state index is 11.6. The van der Waals surface area contributed by atoms with E-state index in [0.29, 0.717) is 107 Å². The summed E-state index contributed by atoms with van der Waals surface area (Å²) in [7, 11) is 9.34. The largest absolute Gasteiger partial charge is 0.469 e. The van der Waals surface area contributed by atoms with Gasteiger partial charge < -0.3 is 85.3 Å². The molecule has 0 aromatic rings. The molecule has 21 rings (SSSR count). The quantitative estimate of drug-likeness (QED) is 0.0473. The first-order valence-corrected chi connectivity index (χ1v) is 57.9. The monoisotopic (exact) mass is 2090 g/mol. The number of hydrogen-bond donors (Lipinski definition) is 0. The highest BCUT2D eigenvalue weighted by Gasteiger charge is 2.57. The first-order chi connectivity index (χ1) is 71.5. The van der Waals surface area contributed by atoms with Crippen molar-refractivity contribution in [3.63, 3.8) is 0 Å². The molecule has 6 saturated heterocycles. The van der Waals surface area contributed by atoms with Crippen molar-refractivity contribution in [1.82, 2.24) is 0 Å². The van der Waals surface area contributed by atoms with Crippen molar-refractivity contribution in [3.8, 4) is 0 Å². The highest BCUT2D eigenvalue weighted by atomic mass is 16.6. The molecule has 0 N–H and O–H groups in total. The Morgan fingerprint density at radius 2 is 0.523 bits per heavy atom. The number of carbonyl (C=O) groups is 10. The fraction of sp³-hybridized carbons (Fsp3) is 0.818. The van der Waals surface area contributed by atoms with Crippen LogP contribution in [0.1, 0.15) is 395 Å². The predicted octanol–water partition coefficient (Wildman–Crippen LogP) is 23.4. The van der Waals surface area contributed by atoms with Gasteiger partial charge in [0.2, 0.25) is 0 Å². The third-order valence-corrected chi connectivity index (χ3v) is 34.5. The Hall–Kier alpha value is -7.18. The lowest BCUT2D eigenvalue weighted by molar-refractivity contribution is -0.152. The average Bonchev–Trinajstić information content (AvgIpc) is 1.59. The number of methoxy groups -OCH3 is 6. The van der Waals surface area contributed by atoms with Gasteiger partial charge in [0.05, 0.1) is 125 Å². The number of esters is 10. The van der Waals surface area contributed by atoms with Gasteiger partial charge in [0.1, 0.15) is 36.6 Å². The van der Waals surface area contributed by atoms with Crippen LogP contribution >= 0.6 is 0 Å². The highest BCUT2D eigenvalue weighted by Crippen LogP contribution is 2.51. The number of ether oxygens (including phenoxy) is 18. The molecule has 28 heteroatoms. The van der Waals surface area contributed by atoms with Crippen LogP contribution in [0, 0.1) is 71.0 Å². The molecule has 27 atom stereocenters. The third kappa shape index (κ3) is 43.5. The van der Waals surface area contributed by atoms with Gasteiger partial charge in [-0.2, -0.15) is 0 Å². The number of rotatable bonds is 20. The first kappa shape index (κ1) is 124. The van der Waals surface area contributed by atoms with E-state index in [1.807, 2.05) is 0 Å². The van der Waals surface area contributed by atoms with Gasteiger partial charge in [0, 0.05) is 60.9 Å². The van der Waals surface area contributed by atoms with Gasteiger partial charge in [0.15, 0.2) is 0 Å². The van der Waals surface area contributed by atoms with Crippen LogP contribution in [0.2, 0.25) is 0 Å². The van der Waals surface area contributed by atoms with Crippen molar-refractivity contribution in [2.45, 2.75) is 505 Å². The fourth-order valence-corrected chi connectivity index (χ4v) is 25.2. The Morgan fingerprint density at radius 3 is 0.832 bits per heavy atom. The second-order valence-corrected chi connectivity index (χ2v) is 46.9. The van der Waals surface area contributed by atoms with E-state index in [2.05, 4.69) is 60.6 Å². The molecular formula is C121H192O28. The first-order valence-electron chi connectivity index (χ1n) is 57.9. The van der Waals surface area contributed by atoms with Crippen LogP contribution in [0.15, 0.2) is 72.9 Å². The van der Waals surface area contributed by atoms with Gasteiger partial charge in [-0.15, -0.1) is 0 Å². The number of carbonyl (C=O) groups excluding carboxylic acids is 10. The lowest BCUT2D eigenvalue weighted by atomic mass is 9.69. The SMILES string of the molecule is C=C(C)C(=O)OC1CCC2CCCCC2C1.C=C(C)C(=O)OC1CCC2CCCCC2C1.C=C(C)C(=O)OC1CCCC2CCCCC21.C=C(C)C(=O)OC1CCCCC1.C=C(C)C(=O)OC1CCCCC1.C=C(C)C(=O)OC1CCCCC1.COC(=O)C1CCC2OC2(C)C1.COC(=O)C1CCC2OC2C1.COC(=O)C1CCC2OC2C1.COC(=O)C1CCC2OC2C1.COCC1CCC2OC2C1.COCC1CCC2OC2C1. The number of hydrogen-bond acceptors (Lipinski definition) is 28. The van der Waals surface area contributed by atoms with E-state index in [1.54, 1.807) is 55.8 Å². The third-order valence-electron chi connectivity index (χ3n) is 34.5. The number of fused-ring (bicyclic) bond motifs is 9. The van der Waals surface area contributed by atoms with Crippen LogP contribution in [0.5, 0.6) is 0 Å². The topological polar surface area (TPSA) is 357 Å². The normalized spacial score (nSPS) is 34.2. The second-order valence-electron chi connectivity index (χ2n) is 46.9. The lowest BCUT2D eigenvalue weighted by Crippen LogP contribution is -2.37. The zero-order valence-corrected chi connectivity index (χ0v) is 93.5. The summed E-state index contributed by atoms with van der Waals surface area (Å²) >= 11 is 0. The molecule has 0 spiro atoms. The van der Waals surface area contributed by atoms with Crippen molar-refractivity contribution in [1.29, 1.82) is 0 Å². The molecule has 149 heavy (non-hydrogen) atoms. The van der Waals surface area contributed by atoms with Gasteiger partial charge in [-0.05, 0) is 353 Å². The zero-order chi connectivity index (χ0) is 108. The van der Waals surface area contributed by atoms with Crippen molar-refractivity contribution in [2.75, 3.05) is 55.9 Å².